The van der Waals surface area contributed by atoms with Crippen LogP contribution < -0.4 is 10.5 Å². The Morgan fingerprint density at radius 3 is 2.77 bits per heavy atom. The number of likely N-dealkylation sites (tertiary alicyclic amines) is 1. The molecule has 1 aliphatic heterocycles. The maximum Gasteiger partial charge on any atom is 0.152 e. The lowest BCUT2D eigenvalue weighted by molar-refractivity contribution is 0.0593. The molecule has 5 rings (SSSR count). The van der Waals surface area contributed by atoms with Gasteiger partial charge in [0.1, 0.15) is 22.9 Å². The van der Waals surface area contributed by atoms with Crippen molar-refractivity contribution in [3.05, 3.63) is 70.7 Å². The number of thiazole rings is 1. The minimum absolute atomic E-state index is 0.00223. The van der Waals surface area contributed by atoms with Gasteiger partial charge in [-0.05, 0) is 61.2 Å². The van der Waals surface area contributed by atoms with Crippen LogP contribution in [0.15, 0.2) is 53.9 Å². The Kier molecular flexibility index (Phi) is 5.26. The zero-order chi connectivity index (χ0) is 20.5. The molecular formula is C24H24N4OS. The van der Waals surface area contributed by atoms with Gasteiger partial charge in [-0.3, -0.25) is 4.90 Å². The number of hydrogen-bond donors (Lipinski definition) is 1. The van der Waals surface area contributed by atoms with Crippen LogP contribution in [0, 0.1) is 11.3 Å². The smallest absolute Gasteiger partial charge is 0.152 e. The number of nitrogens with zero attached hydrogens (tertiary/aromatic N) is 3. The van der Waals surface area contributed by atoms with Gasteiger partial charge in [0.15, 0.2) is 5.69 Å². The van der Waals surface area contributed by atoms with Crippen molar-refractivity contribution in [1.82, 2.24) is 9.88 Å². The summed E-state index contributed by atoms with van der Waals surface area (Å²) in [6.07, 6.45) is 3.26. The van der Waals surface area contributed by atoms with E-state index in [4.69, 9.17) is 15.7 Å². The Bertz CT molecular complexity index is 1070. The summed E-state index contributed by atoms with van der Waals surface area (Å²) in [5, 5.41) is 11.6. The van der Waals surface area contributed by atoms with E-state index in [9.17, 15) is 0 Å². The molecule has 0 spiro atoms. The van der Waals surface area contributed by atoms with Crippen LogP contribution in [0.4, 0.5) is 0 Å². The maximum atomic E-state index is 8.99. The standard InChI is InChI=1S/C24H24N4OS/c25-13-19-15-30-24(27-19)16-7-9-20(10-8-16)29-23-21-6-2-1-4-17(21)12-22(23)28-11-3-5-18(26)14-28/h1-2,4,6-10,15,18,22-23H,3,5,11-12,14,26H2/t18-,22-,23-/m1/s1. The summed E-state index contributed by atoms with van der Waals surface area (Å²) in [5.41, 5.74) is 10.4. The fourth-order valence-electron chi connectivity index (χ4n) is 4.62. The minimum Gasteiger partial charge on any atom is -0.484 e. The molecule has 1 saturated heterocycles. The zero-order valence-corrected chi connectivity index (χ0v) is 17.5. The first-order chi connectivity index (χ1) is 14.7. The molecule has 2 aromatic carbocycles. The van der Waals surface area contributed by atoms with Gasteiger partial charge in [-0.2, -0.15) is 5.26 Å². The number of fused-ring (bicyclic) bond motifs is 1. The third-order valence-electron chi connectivity index (χ3n) is 6.08. The molecule has 1 fully saturated rings. The van der Waals surface area contributed by atoms with Crippen LogP contribution >= 0.6 is 11.3 Å². The Morgan fingerprint density at radius 2 is 2.00 bits per heavy atom. The molecule has 30 heavy (non-hydrogen) atoms. The number of aromatic nitrogens is 1. The molecule has 0 bridgehead atoms. The predicted molar refractivity (Wildman–Crippen MR) is 118 cm³/mol. The second-order valence-electron chi connectivity index (χ2n) is 8.08. The van der Waals surface area contributed by atoms with Crippen LogP contribution in [0.25, 0.3) is 10.6 Å². The van der Waals surface area contributed by atoms with E-state index in [0.717, 1.165) is 48.7 Å². The fourth-order valence-corrected chi connectivity index (χ4v) is 5.37. The highest BCUT2D eigenvalue weighted by molar-refractivity contribution is 7.13. The number of rotatable bonds is 4. The van der Waals surface area contributed by atoms with Crippen molar-refractivity contribution in [2.75, 3.05) is 13.1 Å². The lowest BCUT2D eigenvalue weighted by Gasteiger charge is -2.38. The Labute approximate surface area is 180 Å². The van der Waals surface area contributed by atoms with Crippen LogP contribution in [0.3, 0.4) is 0 Å². The van der Waals surface area contributed by atoms with Gasteiger partial charge in [0, 0.05) is 23.5 Å². The summed E-state index contributed by atoms with van der Waals surface area (Å²) in [5.74, 6) is 0.851. The van der Waals surface area contributed by atoms with Gasteiger partial charge in [-0.1, -0.05) is 24.3 Å². The van der Waals surface area contributed by atoms with Crippen molar-refractivity contribution in [3.8, 4) is 22.4 Å². The molecule has 152 valence electrons. The average Bonchev–Trinajstić information content (AvgIpc) is 3.40. The molecule has 2 aliphatic rings. The first-order valence-corrected chi connectivity index (χ1v) is 11.3. The number of benzene rings is 2. The third-order valence-corrected chi connectivity index (χ3v) is 6.97. The van der Waals surface area contributed by atoms with Crippen molar-refractivity contribution in [2.45, 2.75) is 37.5 Å². The monoisotopic (exact) mass is 416 g/mol. The van der Waals surface area contributed by atoms with E-state index in [1.54, 1.807) is 5.38 Å². The van der Waals surface area contributed by atoms with Gasteiger partial charge in [0.2, 0.25) is 0 Å². The highest BCUT2D eigenvalue weighted by Gasteiger charge is 2.39. The Hall–Kier alpha value is -2.72. The van der Waals surface area contributed by atoms with Crippen LogP contribution in [0.1, 0.15) is 35.8 Å². The highest BCUT2D eigenvalue weighted by atomic mass is 32.1. The van der Waals surface area contributed by atoms with Gasteiger partial charge in [0.25, 0.3) is 0 Å². The van der Waals surface area contributed by atoms with Crippen LogP contribution in [-0.2, 0) is 6.42 Å². The van der Waals surface area contributed by atoms with Crippen LogP contribution in [-0.4, -0.2) is 35.1 Å². The summed E-state index contributed by atoms with van der Waals surface area (Å²) in [6.45, 7) is 2.01. The molecule has 2 N–H and O–H groups in total. The molecule has 3 aromatic rings. The minimum atomic E-state index is 0.00223. The molecule has 6 heteroatoms. The summed E-state index contributed by atoms with van der Waals surface area (Å²) in [4.78, 5) is 6.86. The predicted octanol–water partition coefficient (Wildman–Crippen LogP) is 4.15. The number of nitriles is 1. The van der Waals surface area contributed by atoms with E-state index in [1.165, 1.54) is 22.5 Å². The molecule has 1 aromatic heterocycles. The van der Waals surface area contributed by atoms with Crippen molar-refractivity contribution >= 4 is 11.3 Å². The van der Waals surface area contributed by atoms with Crippen LogP contribution in [0.5, 0.6) is 5.75 Å². The second-order valence-corrected chi connectivity index (χ2v) is 8.94. The SMILES string of the molecule is N#Cc1csc(-c2ccc(O[C@@H]3c4ccccc4C[C@H]3N3CCC[C@@H](N)C3)cc2)n1. The summed E-state index contributed by atoms with van der Waals surface area (Å²) in [7, 11) is 0. The molecule has 0 amide bonds. The molecule has 3 atom stereocenters. The van der Waals surface area contributed by atoms with Crippen molar-refractivity contribution in [1.29, 1.82) is 5.26 Å². The van der Waals surface area contributed by atoms with E-state index in [1.807, 2.05) is 24.3 Å². The first-order valence-electron chi connectivity index (χ1n) is 10.4. The normalized spacial score (nSPS) is 23.7. The molecule has 1 aliphatic carbocycles. The average molecular weight is 417 g/mol. The van der Waals surface area contributed by atoms with Gasteiger partial charge in [-0.25, -0.2) is 4.98 Å². The lowest BCUT2D eigenvalue weighted by atomic mass is 10.0. The highest BCUT2D eigenvalue weighted by Crippen LogP contribution is 2.39. The van der Waals surface area contributed by atoms with Crippen molar-refractivity contribution < 1.29 is 4.74 Å². The molecular weight excluding hydrogens is 392 g/mol. The molecule has 0 radical (unpaired) electrons. The van der Waals surface area contributed by atoms with Gasteiger partial charge >= 0.3 is 0 Å². The maximum absolute atomic E-state index is 8.99. The van der Waals surface area contributed by atoms with Crippen molar-refractivity contribution in [2.24, 2.45) is 5.73 Å². The summed E-state index contributed by atoms with van der Waals surface area (Å²) >= 11 is 1.48. The number of nitrogens with two attached hydrogens (primary N) is 1. The van der Waals surface area contributed by atoms with E-state index in [-0.39, 0.29) is 12.1 Å². The third kappa shape index (κ3) is 3.72. The molecule has 2 heterocycles. The number of ether oxygens (including phenoxy) is 1. The molecule has 0 unspecified atom stereocenters. The van der Waals surface area contributed by atoms with Gasteiger partial charge < -0.3 is 10.5 Å². The summed E-state index contributed by atoms with van der Waals surface area (Å²) in [6, 6.07) is 19.3. The second kappa shape index (κ2) is 8.19. The van der Waals surface area contributed by atoms with Gasteiger partial charge in [-0.15, -0.1) is 11.3 Å². The Balaban J connectivity index is 1.39. The zero-order valence-electron chi connectivity index (χ0n) is 16.7. The first kappa shape index (κ1) is 19.3. The molecule has 0 saturated carbocycles. The number of hydrogen-bond acceptors (Lipinski definition) is 6. The number of piperidine rings is 1. The Morgan fingerprint density at radius 1 is 1.17 bits per heavy atom. The topological polar surface area (TPSA) is 75.2 Å². The van der Waals surface area contributed by atoms with Crippen LogP contribution in [0.2, 0.25) is 0 Å². The largest absolute Gasteiger partial charge is 0.484 e. The van der Waals surface area contributed by atoms with E-state index >= 15 is 0 Å². The fraction of sp³-hybridized carbons (Fsp3) is 0.333. The lowest BCUT2D eigenvalue weighted by Crippen LogP contribution is -2.49. The van der Waals surface area contributed by atoms with Crippen molar-refractivity contribution in [3.63, 3.8) is 0 Å². The van der Waals surface area contributed by atoms with E-state index in [0.29, 0.717) is 11.7 Å². The summed E-state index contributed by atoms with van der Waals surface area (Å²) < 4.78 is 6.57. The van der Waals surface area contributed by atoms with E-state index < -0.39 is 0 Å². The van der Waals surface area contributed by atoms with E-state index in [2.05, 4.69) is 40.2 Å². The molecule has 5 nitrogen and oxygen atoms in total. The quantitative estimate of drug-likeness (QED) is 0.691. The van der Waals surface area contributed by atoms with Gasteiger partial charge in [0.05, 0.1) is 6.04 Å².